The maximum Gasteiger partial charge on any atom is 0.136 e. The van der Waals surface area contributed by atoms with Gasteiger partial charge in [0.2, 0.25) is 0 Å². The summed E-state index contributed by atoms with van der Waals surface area (Å²) in [6, 6.07) is 6.40. The van der Waals surface area contributed by atoms with Crippen molar-refractivity contribution in [2.24, 2.45) is 0 Å². The number of hydrogen-bond donors (Lipinski definition) is 0. The third-order valence-corrected chi connectivity index (χ3v) is 3.58. The van der Waals surface area contributed by atoms with E-state index in [1.54, 1.807) is 6.07 Å². The first kappa shape index (κ1) is 12.3. The molecule has 0 unspecified atom stereocenters. The third kappa shape index (κ3) is 2.96. The zero-order valence-corrected chi connectivity index (χ0v) is 10.7. The highest BCUT2D eigenvalue weighted by molar-refractivity contribution is 7.99. The Hall–Kier alpha value is -1.13. The molecule has 1 aromatic heterocycles. The van der Waals surface area contributed by atoms with Gasteiger partial charge >= 0.3 is 0 Å². The van der Waals surface area contributed by atoms with Gasteiger partial charge in [0.15, 0.2) is 0 Å². The fourth-order valence-electron chi connectivity index (χ4n) is 1.40. The minimum atomic E-state index is -0.256. The smallest absolute Gasteiger partial charge is 0.136 e. The minimum Gasteiger partial charge on any atom is -0.229 e. The fraction of sp³-hybridized carbons (Fsp3) is 0.167. The normalized spacial score (nSPS) is 10.5. The molecule has 0 saturated carbocycles. The van der Waals surface area contributed by atoms with E-state index in [0.717, 1.165) is 21.9 Å². The van der Waals surface area contributed by atoms with Crippen molar-refractivity contribution in [1.82, 2.24) is 9.97 Å². The third-order valence-electron chi connectivity index (χ3n) is 2.22. The second kappa shape index (κ2) is 5.47. The van der Waals surface area contributed by atoms with Crippen LogP contribution in [0.5, 0.6) is 0 Å². The van der Waals surface area contributed by atoms with Crippen LogP contribution in [0, 0.1) is 5.82 Å². The average Bonchev–Trinajstić information content (AvgIpc) is 2.29. The Balaban J connectivity index is 2.33. The van der Waals surface area contributed by atoms with Crippen LogP contribution in [0.4, 0.5) is 4.39 Å². The number of halogens is 2. The summed E-state index contributed by atoms with van der Waals surface area (Å²) in [5.41, 5.74) is 0.892. The van der Waals surface area contributed by atoms with Gasteiger partial charge in [0.1, 0.15) is 22.3 Å². The van der Waals surface area contributed by atoms with E-state index < -0.39 is 0 Å². The second-order valence-corrected chi connectivity index (χ2v) is 4.78. The first-order valence-electron chi connectivity index (χ1n) is 5.13. The Kier molecular flexibility index (Phi) is 3.97. The van der Waals surface area contributed by atoms with Gasteiger partial charge in [-0.05, 0) is 24.6 Å². The highest BCUT2D eigenvalue weighted by Gasteiger charge is 2.09. The molecule has 0 N–H and O–H groups in total. The molecule has 0 aliphatic carbocycles. The summed E-state index contributed by atoms with van der Waals surface area (Å²) >= 11 is 7.38. The van der Waals surface area contributed by atoms with E-state index in [-0.39, 0.29) is 5.82 Å². The quantitative estimate of drug-likeness (QED) is 0.788. The van der Waals surface area contributed by atoms with Crippen molar-refractivity contribution in [1.29, 1.82) is 0 Å². The zero-order valence-electron chi connectivity index (χ0n) is 9.15. The van der Waals surface area contributed by atoms with Gasteiger partial charge in [-0.2, -0.15) is 0 Å². The predicted molar refractivity (Wildman–Crippen MR) is 66.9 cm³/mol. The van der Waals surface area contributed by atoms with Gasteiger partial charge < -0.3 is 0 Å². The van der Waals surface area contributed by atoms with E-state index in [0.29, 0.717) is 5.15 Å². The molecule has 0 radical (unpaired) electrons. The van der Waals surface area contributed by atoms with Crippen LogP contribution < -0.4 is 0 Å². The lowest BCUT2D eigenvalue weighted by molar-refractivity contribution is 0.624. The molecule has 17 heavy (non-hydrogen) atoms. The molecule has 2 aromatic rings. The van der Waals surface area contributed by atoms with E-state index >= 15 is 0 Å². The average molecular weight is 269 g/mol. The summed E-state index contributed by atoms with van der Waals surface area (Å²) < 4.78 is 13.1. The van der Waals surface area contributed by atoms with Crippen molar-refractivity contribution >= 4 is 23.4 Å². The van der Waals surface area contributed by atoms with Gasteiger partial charge in [-0.15, -0.1) is 0 Å². The molecular weight excluding hydrogens is 259 g/mol. The molecule has 0 fully saturated rings. The lowest BCUT2D eigenvalue weighted by Crippen LogP contribution is -1.93. The summed E-state index contributed by atoms with van der Waals surface area (Å²) in [4.78, 5) is 8.92. The number of aromatic nitrogens is 2. The van der Waals surface area contributed by atoms with Crippen molar-refractivity contribution in [3.05, 3.63) is 47.1 Å². The molecule has 0 amide bonds. The first-order valence-corrected chi connectivity index (χ1v) is 6.33. The molecule has 1 aromatic carbocycles. The summed E-state index contributed by atoms with van der Waals surface area (Å²) in [6.07, 6.45) is 2.17. The molecule has 88 valence electrons. The SMILES string of the molecule is CCc1c(Cl)ncnc1Sc1cccc(F)c1. The van der Waals surface area contributed by atoms with E-state index in [4.69, 9.17) is 11.6 Å². The Morgan fingerprint density at radius 1 is 1.35 bits per heavy atom. The van der Waals surface area contributed by atoms with Gasteiger partial charge in [-0.1, -0.05) is 36.4 Å². The van der Waals surface area contributed by atoms with Gasteiger partial charge in [-0.3, -0.25) is 0 Å². The molecular formula is C12H10ClFN2S. The minimum absolute atomic E-state index is 0.256. The maximum absolute atomic E-state index is 13.1. The molecule has 0 spiro atoms. The van der Waals surface area contributed by atoms with Crippen LogP contribution in [0.1, 0.15) is 12.5 Å². The van der Waals surface area contributed by atoms with Crippen molar-refractivity contribution in [2.45, 2.75) is 23.3 Å². The molecule has 2 rings (SSSR count). The predicted octanol–water partition coefficient (Wildman–Crippen LogP) is 3.98. The van der Waals surface area contributed by atoms with E-state index in [1.807, 2.05) is 13.0 Å². The van der Waals surface area contributed by atoms with Gasteiger partial charge in [0.25, 0.3) is 0 Å². The summed E-state index contributed by atoms with van der Waals surface area (Å²) in [6.45, 7) is 1.99. The van der Waals surface area contributed by atoms with Crippen LogP contribution in [0.25, 0.3) is 0 Å². The molecule has 2 nitrogen and oxygen atoms in total. The van der Waals surface area contributed by atoms with E-state index in [9.17, 15) is 4.39 Å². The standard InChI is InChI=1S/C12H10ClFN2S/c1-2-10-11(13)15-7-16-12(10)17-9-5-3-4-8(14)6-9/h3-7H,2H2,1H3. The van der Waals surface area contributed by atoms with Crippen LogP contribution in [0.15, 0.2) is 40.5 Å². The number of nitrogens with zero attached hydrogens (tertiary/aromatic N) is 2. The molecule has 0 bridgehead atoms. The number of rotatable bonds is 3. The van der Waals surface area contributed by atoms with Crippen LogP contribution in [0.3, 0.4) is 0 Å². The van der Waals surface area contributed by atoms with Crippen LogP contribution in [-0.2, 0) is 6.42 Å². The topological polar surface area (TPSA) is 25.8 Å². The van der Waals surface area contributed by atoms with Crippen molar-refractivity contribution in [3.63, 3.8) is 0 Å². The first-order chi connectivity index (χ1) is 8.20. The monoisotopic (exact) mass is 268 g/mol. The largest absolute Gasteiger partial charge is 0.229 e. The zero-order chi connectivity index (χ0) is 12.3. The van der Waals surface area contributed by atoms with Gasteiger partial charge in [0, 0.05) is 10.5 Å². The Morgan fingerprint density at radius 3 is 2.88 bits per heavy atom. The van der Waals surface area contributed by atoms with Crippen molar-refractivity contribution < 1.29 is 4.39 Å². The van der Waals surface area contributed by atoms with Crippen LogP contribution in [-0.4, -0.2) is 9.97 Å². The lowest BCUT2D eigenvalue weighted by atomic mass is 10.3. The number of benzene rings is 1. The Bertz CT molecular complexity index is 534. The molecule has 5 heteroatoms. The highest BCUT2D eigenvalue weighted by Crippen LogP contribution is 2.31. The van der Waals surface area contributed by atoms with Gasteiger partial charge in [-0.25, -0.2) is 14.4 Å². The molecule has 0 aliphatic rings. The Labute approximate surface area is 108 Å². The van der Waals surface area contributed by atoms with Gasteiger partial charge in [0.05, 0.1) is 0 Å². The van der Waals surface area contributed by atoms with E-state index in [1.165, 1.54) is 30.2 Å². The van der Waals surface area contributed by atoms with E-state index in [2.05, 4.69) is 9.97 Å². The highest BCUT2D eigenvalue weighted by atomic mass is 35.5. The number of hydrogen-bond acceptors (Lipinski definition) is 3. The summed E-state index contributed by atoms with van der Waals surface area (Å²) in [7, 11) is 0. The lowest BCUT2D eigenvalue weighted by Gasteiger charge is -2.07. The van der Waals surface area contributed by atoms with Crippen LogP contribution >= 0.6 is 23.4 Å². The van der Waals surface area contributed by atoms with Crippen molar-refractivity contribution in [2.75, 3.05) is 0 Å². The summed E-state index contributed by atoms with van der Waals surface area (Å²) in [5, 5.41) is 1.24. The summed E-state index contributed by atoms with van der Waals surface area (Å²) in [5.74, 6) is -0.256. The molecule has 1 heterocycles. The van der Waals surface area contributed by atoms with Crippen molar-refractivity contribution in [3.8, 4) is 0 Å². The molecule has 0 saturated heterocycles. The van der Waals surface area contributed by atoms with Crippen LogP contribution in [0.2, 0.25) is 5.15 Å². The maximum atomic E-state index is 13.1. The second-order valence-electron chi connectivity index (χ2n) is 3.36. The molecule has 0 aliphatic heterocycles. The Morgan fingerprint density at radius 2 is 2.18 bits per heavy atom. The fourth-order valence-corrected chi connectivity index (χ4v) is 2.73. The molecule has 0 atom stereocenters.